The molecule has 0 radical (unpaired) electrons. The molecule has 410 valence electrons. The molecule has 0 aliphatic carbocycles. The number of rotatable bonds is 47. The summed E-state index contributed by atoms with van der Waals surface area (Å²) in [6.07, 6.45) is 38.1. The van der Waals surface area contributed by atoms with Crippen LogP contribution in [0.4, 0.5) is 5.69 Å². The van der Waals surface area contributed by atoms with E-state index in [9.17, 15) is 25.5 Å². The first-order chi connectivity index (χ1) is 34.1. The summed E-state index contributed by atoms with van der Waals surface area (Å²) in [5.74, 6) is 0. The van der Waals surface area contributed by atoms with Gasteiger partial charge in [0, 0.05) is 5.02 Å². The summed E-state index contributed by atoms with van der Waals surface area (Å²) in [6.45, 7) is 4.80. The van der Waals surface area contributed by atoms with Gasteiger partial charge in [-0.15, -0.1) is 0 Å². The van der Waals surface area contributed by atoms with Gasteiger partial charge in [-0.25, -0.2) is 0 Å². The van der Waals surface area contributed by atoms with E-state index in [-0.39, 0.29) is 18.4 Å². The van der Waals surface area contributed by atoms with E-state index in [1.165, 1.54) is 193 Å². The van der Waals surface area contributed by atoms with E-state index in [1.807, 2.05) is 0 Å². The van der Waals surface area contributed by atoms with Crippen LogP contribution in [0.3, 0.4) is 0 Å². The Labute approximate surface area is 442 Å². The molecule has 7 N–H and O–H groups in total. The van der Waals surface area contributed by atoms with Gasteiger partial charge in [-0.05, 0) is 49.8 Å². The molecular weight excluding hydrogens is 944 g/mol. The van der Waals surface area contributed by atoms with Crippen molar-refractivity contribution in [2.75, 3.05) is 25.1 Å². The molecular formula is C57H104Cl2N2O8S. The number of hydrogen-bond acceptors (Lipinski definition) is 10. The normalized spacial score (nSPS) is 19.6. The van der Waals surface area contributed by atoms with Crippen molar-refractivity contribution in [3.05, 3.63) is 28.2 Å². The average molecular weight is 1050 g/mol. The molecule has 13 heteroatoms. The Kier molecular flexibility index (Phi) is 41.5. The fourth-order valence-electron chi connectivity index (χ4n) is 9.57. The van der Waals surface area contributed by atoms with E-state index < -0.39 is 49.0 Å². The first kappa shape index (κ1) is 65.3. The van der Waals surface area contributed by atoms with Gasteiger partial charge in [0.15, 0.2) is 6.29 Å². The Hall–Kier alpha value is -0.830. The number of hydrogen-bond donors (Lipinski definition) is 7. The largest absolute Gasteiger partial charge is 0.468 e. The lowest BCUT2D eigenvalue weighted by Crippen LogP contribution is -2.60. The maximum absolute atomic E-state index is 11.4. The maximum atomic E-state index is 11.4. The second-order valence-corrected chi connectivity index (χ2v) is 21.8. The molecule has 1 heterocycles. The summed E-state index contributed by atoms with van der Waals surface area (Å²) in [5, 5.41) is 62.0. The van der Waals surface area contributed by atoms with E-state index in [0.29, 0.717) is 28.7 Å². The number of benzene rings is 1. The zero-order valence-electron chi connectivity index (χ0n) is 44.3. The fraction of sp³-hybridized carbons (Fsp3) is 0.877. The minimum atomic E-state index is -1.59. The van der Waals surface area contributed by atoms with E-state index in [1.54, 1.807) is 18.2 Å². The third-order valence-electron chi connectivity index (χ3n) is 14.3. The van der Waals surface area contributed by atoms with E-state index in [4.69, 9.17) is 49.6 Å². The highest BCUT2D eigenvalue weighted by Crippen LogP contribution is 2.27. The Morgan fingerprint density at radius 2 is 1.00 bits per heavy atom. The second kappa shape index (κ2) is 44.5. The molecule has 0 aromatic heterocycles. The van der Waals surface area contributed by atoms with E-state index in [0.717, 1.165) is 38.5 Å². The average Bonchev–Trinajstić information content (AvgIpc) is 3.35. The highest BCUT2D eigenvalue weighted by atomic mass is 35.5. The van der Waals surface area contributed by atoms with Crippen molar-refractivity contribution in [3.63, 3.8) is 0 Å². The Morgan fingerprint density at radius 1 is 0.586 bits per heavy atom. The van der Waals surface area contributed by atoms with Crippen molar-refractivity contribution in [2.45, 2.75) is 300 Å². The lowest BCUT2D eigenvalue weighted by Gasteiger charge is -2.40. The molecule has 10 nitrogen and oxygen atoms in total. The van der Waals surface area contributed by atoms with Gasteiger partial charge in [-0.1, -0.05) is 262 Å². The number of ether oxygens (including phenoxy) is 3. The van der Waals surface area contributed by atoms with Crippen molar-refractivity contribution < 1.29 is 39.7 Å². The summed E-state index contributed by atoms with van der Waals surface area (Å²) < 4.78 is 17.6. The van der Waals surface area contributed by atoms with Gasteiger partial charge in [0.25, 0.3) is 5.17 Å². The van der Waals surface area contributed by atoms with Gasteiger partial charge in [0.05, 0.1) is 35.6 Å². The van der Waals surface area contributed by atoms with E-state index in [2.05, 4.69) is 24.5 Å². The molecule has 70 heavy (non-hydrogen) atoms. The van der Waals surface area contributed by atoms with Crippen LogP contribution in [0.5, 0.6) is 0 Å². The van der Waals surface area contributed by atoms with Crippen LogP contribution in [-0.2, 0) is 14.2 Å². The summed E-state index contributed by atoms with van der Waals surface area (Å²) in [7, 11) is 0. The van der Waals surface area contributed by atoms with Crippen LogP contribution in [0.1, 0.15) is 251 Å². The van der Waals surface area contributed by atoms with Crippen LogP contribution in [0.15, 0.2) is 18.2 Å². The van der Waals surface area contributed by atoms with Crippen molar-refractivity contribution in [2.24, 2.45) is 0 Å². The van der Waals surface area contributed by atoms with Crippen molar-refractivity contribution in [1.82, 2.24) is 5.32 Å². The quantitative estimate of drug-likeness (QED) is 0.0247. The van der Waals surface area contributed by atoms with Crippen LogP contribution in [0, 0.1) is 0 Å². The SMILES string of the molecule is CCCCCCCCCCCCCCCCCCCCCCCCCCN[C@@H](CO[C@H]1O[C@H](COC(=S)Nc2ccc(Cl)cc2Cl)[C@H](O)[C@H](O)[C@H]1O)[C@H](O)[C@H](O)CCCCCCCCCCCCCC. The van der Waals surface area contributed by atoms with Crippen LogP contribution < -0.4 is 10.6 Å². The molecule has 1 aliphatic heterocycles. The lowest BCUT2D eigenvalue weighted by atomic mass is 9.98. The Morgan fingerprint density at radius 3 is 1.43 bits per heavy atom. The molecule has 1 aliphatic rings. The Balaban J connectivity index is 1.70. The first-order valence-electron chi connectivity index (χ1n) is 28.9. The smallest absolute Gasteiger partial charge is 0.261 e. The number of aliphatic hydroxyl groups excluding tert-OH is 5. The van der Waals surface area contributed by atoms with E-state index >= 15 is 0 Å². The highest BCUT2D eigenvalue weighted by Gasteiger charge is 2.45. The molecule has 2 rings (SSSR count). The molecule has 1 aromatic rings. The molecule has 0 unspecified atom stereocenters. The molecule has 0 saturated carbocycles. The number of halogens is 2. The predicted octanol–water partition coefficient (Wildman–Crippen LogP) is 14.7. The summed E-state index contributed by atoms with van der Waals surface area (Å²) >= 11 is 17.6. The molecule has 1 fully saturated rings. The van der Waals surface area contributed by atoms with Gasteiger partial charge in [0.2, 0.25) is 0 Å². The van der Waals surface area contributed by atoms with Crippen molar-refractivity contribution >= 4 is 46.3 Å². The number of thiocarbonyl (C=S) groups is 1. The highest BCUT2D eigenvalue weighted by molar-refractivity contribution is 7.80. The number of nitrogens with one attached hydrogen (secondary N) is 2. The summed E-state index contributed by atoms with van der Waals surface area (Å²) in [5.41, 5.74) is 0.474. The number of anilines is 1. The molecule has 1 aromatic carbocycles. The molecule has 1 saturated heterocycles. The molecule has 0 amide bonds. The van der Waals surface area contributed by atoms with Gasteiger partial charge in [-0.2, -0.15) is 0 Å². The van der Waals surface area contributed by atoms with Crippen molar-refractivity contribution in [1.29, 1.82) is 0 Å². The van der Waals surface area contributed by atoms with Crippen LogP contribution in [0.2, 0.25) is 10.0 Å². The third kappa shape index (κ3) is 32.5. The molecule has 0 spiro atoms. The fourth-order valence-corrected chi connectivity index (χ4v) is 10.2. The Bertz CT molecular complexity index is 1370. The van der Waals surface area contributed by atoms with Crippen molar-refractivity contribution in [3.8, 4) is 0 Å². The summed E-state index contributed by atoms with van der Waals surface area (Å²) in [4.78, 5) is 0. The molecule has 0 bridgehead atoms. The minimum absolute atomic E-state index is 0.0478. The standard InChI is InChI=1S/C57H104Cl2N2O8S/c1-3-5-7-9-11-13-15-17-18-19-20-21-22-23-24-25-26-27-28-30-32-34-36-38-42-60-49(52(63)50(62)39-37-35-33-31-29-16-14-12-10-8-6-4-2)44-67-56-55(66)54(65)53(64)51(69-56)45-68-57(70)61-48-41-40-46(58)43-47(48)59/h40-41,43,49-56,60,62-66H,3-39,42,44-45H2,1-2H3,(H,61,70)/t49-,50+,51+,52-,53-,54-,55+,56-/m0/s1. The number of aliphatic hydroxyl groups is 5. The lowest BCUT2D eigenvalue weighted by molar-refractivity contribution is -0.302. The topological polar surface area (TPSA) is 153 Å². The number of unbranched alkanes of at least 4 members (excludes halogenated alkanes) is 34. The third-order valence-corrected chi connectivity index (χ3v) is 15.0. The zero-order valence-corrected chi connectivity index (χ0v) is 46.6. The maximum Gasteiger partial charge on any atom is 0.261 e. The van der Waals surface area contributed by atoms with Crippen LogP contribution in [0.25, 0.3) is 0 Å². The zero-order chi connectivity index (χ0) is 50.9. The van der Waals surface area contributed by atoms with Gasteiger partial charge in [-0.3, -0.25) is 0 Å². The van der Waals surface area contributed by atoms with Gasteiger partial charge in [0.1, 0.15) is 31.0 Å². The monoisotopic (exact) mass is 1050 g/mol. The van der Waals surface area contributed by atoms with Crippen LogP contribution in [-0.4, -0.2) is 99.4 Å². The van der Waals surface area contributed by atoms with Crippen LogP contribution >= 0.6 is 35.4 Å². The predicted molar refractivity (Wildman–Crippen MR) is 297 cm³/mol. The minimum Gasteiger partial charge on any atom is -0.468 e. The summed E-state index contributed by atoms with van der Waals surface area (Å²) in [6, 6.07) is 4.19. The second-order valence-electron chi connectivity index (χ2n) is 20.6. The molecule has 8 atom stereocenters. The van der Waals surface area contributed by atoms with Gasteiger partial charge >= 0.3 is 0 Å². The first-order valence-corrected chi connectivity index (χ1v) is 30.0. The van der Waals surface area contributed by atoms with Gasteiger partial charge < -0.3 is 50.4 Å².